The fraction of sp³-hybridized carbons (Fsp3) is 0.200. The third kappa shape index (κ3) is 2.27. The van der Waals surface area contributed by atoms with Gasteiger partial charge in [-0.25, -0.2) is 9.49 Å². The summed E-state index contributed by atoms with van der Waals surface area (Å²) in [7, 11) is 0. The van der Waals surface area contributed by atoms with E-state index in [1.165, 1.54) is 12.1 Å². The van der Waals surface area contributed by atoms with Crippen LogP contribution in [0.4, 0.5) is 4.39 Å². The molecule has 1 unspecified atom stereocenters. The normalized spacial score (nSPS) is 12.4. The van der Waals surface area contributed by atoms with Crippen molar-refractivity contribution in [1.29, 1.82) is 0 Å². The highest BCUT2D eigenvalue weighted by Crippen LogP contribution is 2.22. The maximum atomic E-state index is 13.4. The summed E-state index contributed by atoms with van der Waals surface area (Å²) in [6, 6.07) is 4.17. The van der Waals surface area contributed by atoms with Gasteiger partial charge in [-0.2, -0.15) is 0 Å². The van der Waals surface area contributed by atoms with Crippen molar-refractivity contribution in [3.63, 3.8) is 0 Å². The molecule has 0 aliphatic carbocycles. The van der Waals surface area contributed by atoms with E-state index in [0.717, 1.165) is 0 Å². The number of nitrogens with zero attached hydrogens (tertiary/aromatic N) is 3. The average Bonchev–Trinajstić information content (AvgIpc) is 2.80. The van der Waals surface area contributed by atoms with Gasteiger partial charge < -0.3 is 5.73 Å². The van der Waals surface area contributed by atoms with Crippen LogP contribution >= 0.6 is 0 Å². The van der Waals surface area contributed by atoms with E-state index in [1.807, 2.05) is 0 Å². The van der Waals surface area contributed by atoms with Gasteiger partial charge >= 0.3 is 0 Å². The van der Waals surface area contributed by atoms with Crippen molar-refractivity contribution >= 4 is 5.91 Å². The molecule has 88 valence electrons. The van der Waals surface area contributed by atoms with Gasteiger partial charge in [0, 0.05) is 5.56 Å². The summed E-state index contributed by atoms with van der Waals surface area (Å²) in [5, 5.41) is 13.0. The molecule has 3 N–H and O–H groups in total. The largest absolute Gasteiger partial charge is 0.369 e. The molecular formula is C10H10FN5O. The van der Waals surface area contributed by atoms with Crippen LogP contribution in [0, 0.1) is 5.82 Å². The number of hydrogen-bond acceptors (Lipinski definition) is 4. The second-order valence-electron chi connectivity index (χ2n) is 3.65. The lowest BCUT2D eigenvalue weighted by Crippen LogP contribution is -2.18. The molecule has 17 heavy (non-hydrogen) atoms. The molecule has 0 saturated heterocycles. The number of hydrogen-bond donors (Lipinski definition) is 2. The van der Waals surface area contributed by atoms with Crippen LogP contribution in [0.5, 0.6) is 0 Å². The predicted octanol–water partition coefficient (Wildman–Crippen LogP) is 0.595. The number of primary amides is 1. The number of rotatable bonds is 3. The summed E-state index contributed by atoms with van der Waals surface area (Å²) in [4.78, 5) is 11.1. The van der Waals surface area contributed by atoms with Crippen LogP contribution in [0.2, 0.25) is 0 Å². The average molecular weight is 235 g/mol. The van der Waals surface area contributed by atoms with Gasteiger partial charge in [0.25, 0.3) is 0 Å². The maximum absolute atomic E-state index is 13.4. The molecule has 0 aliphatic rings. The zero-order chi connectivity index (χ0) is 12.4. The van der Waals surface area contributed by atoms with Crippen molar-refractivity contribution in [2.24, 2.45) is 5.73 Å². The molecule has 1 aromatic heterocycles. The Balaban J connectivity index is 2.46. The topological polar surface area (TPSA) is 97.6 Å². The fourth-order valence-corrected chi connectivity index (χ4v) is 1.44. The molecule has 0 spiro atoms. The lowest BCUT2D eigenvalue weighted by Gasteiger charge is -2.08. The van der Waals surface area contributed by atoms with Gasteiger partial charge in [-0.05, 0) is 41.1 Å². The number of aromatic nitrogens is 4. The molecule has 1 heterocycles. The summed E-state index contributed by atoms with van der Waals surface area (Å²) < 4.78 is 13.4. The number of H-pyrrole nitrogens is 1. The zero-order valence-electron chi connectivity index (χ0n) is 9.01. The van der Waals surface area contributed by atoms with Crippen molar-refractivity contribution in [1.82, 2.24) is 20.6 Å². The quantitative estimate of drug-likeness (QED) is 0.813. The third-order valence-corrected chi connectivity index (χ3v) is 2.47. The van der Waals surface area contributed by atoms with Gasteiger partial charge in [-0.1, -0.05) is 0 Å². The van der Waals surface area contributed by atoms with Crippen LogP contribution in [-0.4, -0.2) is 26.5 Å². The highest BCUT2D eigenvalue weighted by atomic mass is 19.1. The van der Waals surface area contributed by atoms with Crippen LogP contribution < -0.4 is 5.73 Å². The minimum atomic E-state index is -0.569. The number of tetrazole rings is 1. The predicted molar refractivity (Wildman–Crippen MR) is 57.2 cm³/mol. The van der Waals surface area contributed by atoms with Crippen molar-refractivity contribution in [3.05, 3.63) is 29.6 Å². The molecule has 0 aliphatic heterocycles. The summed E-state index contributed by atoms with van der Waals surface area (Å²) in [5.41, 5.74) is 6.14. The molecule has 0 saturated carbocycles. The Labute approximate surface area is 96.0 Å². The molecule has 1 aromatic carbocycles. The van der Waals surface area contributed by atoms with E-state index in [9.17, 15) is 9.18 Å². The number of amides is 1. The Morgan fingerprint density at radius 3 is 2.82 bits per heavy atom. The molecule has 2 rings (SSSR count). The lowest BCUT2D eigenvalue weighted by molar-refractivity contribution is -0.119. The van der Waals surface area contributed by atoms with Gasteiger partial charge in [0.15, 0.2) is 5.82 Å². The van der Waals surface area contributed by atoms with Gasteiger partial charge in [-0.3, -0.25) is 4.79 Å². The first-order valence-corrected chi connectivity index (χ1v) is 4.92. The van der Waals surface area contributed by atoms with Crippen molar-refractivity contribution < 1.29 is 9.18 Å². The second-order valence-corrected chi connectivity index (χ2v) is 3.65. The van der Waals surface area contributed by atoms with Gasteiger partial charge in [0.2, 0.25) is 5.91 Å². The molecule has 6 nitrogen and oxygen atoms in total. The molecule has 0 fully saturated rings. The number of nitrogens with two attached hydrogens (primary N) is 1. The molecule has 2 aromatic rings. The number of aromatic amines is 1. The smallest absolute Gasteiger partial charge is 0.224 e. The first-order chi connectivity index (χ1) is 8.08. The first kappa shape index (κ1) is 11.2. The minimum absolute atomic E-state index is 0.336. The van der Waals surface area contributed by atoms with Gasteiger partial charge in [0.1, 0.15) is 5.82 Å². The highest BCUT2D eigenvalue weighted by molar-refractivity contribution is 5.81. The van der Waals surface area contributed by atoms with E-state index in [4.69, 9.17) is 5.73 Å². The number of carbonyl (C=O) groups is 1. The highest BCUT2D eigenvalue weighted by Gasteiger charge is 2.15. The van der Waals surface area contributed by atoms with Crippen LogP contribution in [-0.2, 0) is 4.79 Å². The number of benzene rings is 1. The van der Waals surface area contributed by atoms with Crippen LogP contribution in [0.25, 0.3) is 11.4 Å². The summed E-state index contributed by atoms with van der Waals surface area (Å²) >= 11 is 0. The molecule has 1 amide bonds. The Bertz CT molecular complexity index is 540. The lowest BCUT2D eigenvalue weighted by atomic mass is 9.98. The van der Waals surface area contributed by atoms with E-state index >= 15 is 0 Å². The van der Waals surface area contributed by atoms with E-state index in [2.05, 4.69) is 20.6 Å². The van der Waals surface area contributed by atoms with E-state index in [-0.39, 0.29) is 0 Å². The van der Waals surface area contributed by atoms with E-state index in [1.54, 1.807) is 13.0 Å². The van der Waals surface area contributed by atoms with E-state index in [0.29, 0.717) is 17.0 Å². The molecule has 1 atom stereocenters. The Morgan fingerprint density at radius 1 is 1.47 bits per heavy atom. The van der Waals surface area contributed by atoms with E-state index < -0.39 is 17.6 Å². The minimum Gasteiger partial charge on any atom is -0.369 e. The second kappa shape index (κ2) is 4.28. The van der Waals surface area contributed by atoms with Crippen molar-refractivity contribution in [2.45, 2.75) is 12.8 Å². The van der Waals surface area contributed by atoms with Gasteiger partial charge in [-0.15, -0.1) is 5.10 Å². The molecular weight excluding hydrogens is 225 g/mol. The Hall–Kier alpha value is -2.31. The maximum Gasteiger partial charge on any atom is 0.224 e. The van der Waals surface area contributed by atoms with Crippen LogP contribution in [0.3, 0.4) is 0 Å². The Kier molecular flexibility index (Phi) is 2.82. The van der Waals surface area contributed by atoms with Gasteiger partial charge in [0.05, 0.1) is 5.92 Å². The number of carbonyl (C=O) groups excluding carboxylic acids is 1. The molecule has 0 bridgehead atoms. The standard InChI is InChI=1S/C10H10FN5O/c1-5(9(12)17)6-2-7(4-8(11)3-6)10-13-15-16-14-10/h2-5H,1H3,(H2,12,17)(H,13,14,15,16). The molecule has 0 radical (unpaired) electrons. The van der Waals surface area contributed by atoms with Crippen molar-refractivity contribution in [2.75, 3.05) is 0 Å². The third-order valence-electron chi connectivity index (χ3n) is 2.47. The molecule has 7 heteroatoms. The van der Waals surface area contributed by atoms with Crippen LogP contribution in [0.15, 0.2) is 18.2 Å². The summed E-state index contributed by atoms with van der Waals surface area (Å²) in [6.45, 7) is 1.61. The summed E-state index contributed by atoms with van der Waals surface area (Å²) in [6.07, 6.45) is 0. The SMILES string of the molecule is CC(C(N)=O)c1cc(F)cc(-c2nnn[nH]2)c1. The monoisotopic (exact) mass is 235 g/mol. The summed E-state index contributed by atoms with van der Waals surface area (Å²) in [5.74, 6) is -1.22. The fourth-order valence-electron chi connectivity index (χ4n) is 1.44. The zero-order valence-corrected chi connectivity index (χ0v) is 9.01. The van der Waals surface area contributed by atoms with Crippen LogP contribution in [0.1, 0.15) is 18.4 Å². The number of halogens is 1. The number of nitrogens with one attached hydrogen (secondary N) is 1. The Morgan fingerprint density at radius 2 is 2.24 bits per heavy atom. The van der Waals surface area contributed by atoms with Crippen molar-refractivity contribution in [3.8, 4) is 11.4 Å². The first-order valence-electron chi connectivity index (χ1n) is 4.92.